The van der Waals surface area contributed by atoms with Gasteiger partial charge in [-0.1, -0.05) is 153 Å². The summed E-state index contributed by atoms with van der Waals surface area (Å²) in [6, 6.07) is 70.6. The molecule has 11 aromatic rings. The standard InChI is InChI=1S/C55H38N2O/c1-55(2)45-26-9-5-23-43(45)52-46(55)27-15-30-49(52)57(37-19-14-18-36(34-37)56-47-28-10-6-21-40(47)41-22-7-11-29-48(41)56)50-33-32-42(39-25-13-17-35-16-3-4-20-38(35)39)54-53(50)44-24-8-12-31-51(44)58-54/h3-34H,1-2H3. The van der Waals surface area contributed by atoms with Gasteiger partial charge in [-0.05, 0) is 87.6 Å². The lowest BCUT2D eigenvalue weighted by Crippen LogP contribution is -2.16. The van der Waals surface area contributed by atoms with Crippen LogP contribution in [0, 0.1) is 0 Å². The van der Waals surface area contributed by atoms with E-state index in [0.717, 1.165) is 55.8 Å². The fourth-order valence-corrected chi connectivity index (χ4v) is 9.97. The molecule has 0 unspecified atom stereocenters. The smallest absolute Gasteiger partial charge is 0.145 e. The van der Waals surface area contributed by atoms with Crippen molar-refractivity contribution in [2.45, 2.75) is 19.3 Å². The summed E-state index contributed by atoms with van der Waals surface area (Å²) in [7, 11) is 0. The number of nitrogens with zero attached hydrogens (tertiary/aromatic N) is 2. The van der Waals surface area contributed by atoms with E-state index in [1.807, 2.05) is 0 Å². The van der Waals surface area contributed by atoms with Crippen molar-refractivity contribution >= 4 is 71.6 Å². The highest BCUT2D eigenvalue weighted by Gasteiger charge is 2.38. The third kappa shape index (κ3) is 4.62. The summed E-state index contributed by atoms with van der Waals surface area (Å²) < 4.78 is 9.39. The molecule has 1 aliphatic carbocycles. The van der Waals surface area contributed by atoms with Crippen molar-refractivity contribution in [2.75, 3.05) is 4.90 Å². The number of anilines is 3. The van der Waals surface area contributed by atoms with Crippen LogP contribution in [0.3, 0.4) is 0 Å². The van der Waals surface area contributed by atoms with Crippen LogP contribution in [0.2, 0.25) is 0 Å². The van der Waals surface area contributed by atoms with Crippen LogP contribution in [0.15, 0.2) is 199 Å². The highest BCUT2D eigenvalue weighted by Crippen LogP contribution is 2.56. The van der Waals surface area contributed by atoms with Gasteiger partial charge in [0.2, 0.25) is 0 Å². The van der Waals surface area contributed by atoms with E-state index in [1.54, 1.807) is 0 Å². The molecular weight excluding hydrogens is 705 g/mol. The highest BCUT2D eigenvalue weighted by atomic mass is 16.3. The van der Waals surface area contributed by atoms with Gasteiger partial charge in [0.1, 0.15) is 11.2 Å². The molecule has 58 heavy (non-hydrogen) atoms. The summed E-state index contributed by atoms with van der Waals surface area (Å²) in [5.74, 6) is 0. The van der Waals surface area contributed by atoms with Gasteiger partial charge in [-0.25, -0.2) is 0 Å². The van der Waals surface area contributed by atoms with Crippen molar-refractivity contribution < 1.29 is 4.42 Å². The molecule has 0 amide bonds. The fourth-order valence-electron chi connectivity index (χ4n) is 9.97. The maximum atomic E-state index is 6.98. The molecule has 0 fully saturated rings. The zero-order valence-electron chi connectivity index (χ0n) is 32.3. The molecule has 9 aromatic carbocycles. The molecule has 0 N–H and O–H groups in total. The normalized spacial score (nSPS) is 13.1. The number of hydrogen-bond donors (Lipinski definition) is 0. The van der Waals surface area contributed by atoms with Crippen LogP contribution in [0.5, 0.6) is 0 Å². The molecule has 2 heterocycles. The highest BCUT2D eigenvalue weighted by molar-refractivity contribution is 6.19. The fraction of sp³-hybridized carbons (Fsp3) is 0.0545. The first-order chi connectivity index (χ1) is 28.6. The van der Waals surface area contributed by atoms with Crippen molar-refractivity contribution in [1.29, 1.82) is 0 Å². The van der Waals surface area contributed by atoms with Gasteiger partial charge in [-0.2, -0.15) is 0 Å². The second kappa shape index (κ2) is 12.3. The molecule has 0 atom stereocenters. The van der Waals surface area contributed by atoms with Crippen LogP contribution in [-0.4, -0.2) is 4.57 Å². The Bertz CT molecular complexity index is 3400. The molecule has 0 radical (unpaired) electrons. The van der Waals surface area contributed by atoms with Gasteiger partial charge >= 0.3 is 0 Å². The Labute approximate surface area is 336 Å². The van der Waals surface area contributed by atoms with Gasteiger partial charge in [-0.15, -0.1) is 0 Å². The van der Waals surface area contributed by atoms with Crippen LogP contribution >= 0.6 is 0 Å². The van der Waals surface area contributed by atoms with E-state index < -0.39 is 0 Å². The predicted molar refractivity (Wildman–Crippen MR) is 243 cm³/mol. The van der Waals surface area contributed by atoms with Crippen molar-refractivity contribution in [3.8, 4) is 27.9 Å². The Morgan fingerprint density at radius 1 is 0.466 bits per heavy atom. The van der Waals surface area contributed by atoms with Gasteiger partial charge in [0.25, 0.3) is 0 Å². The molecule has 12 rings (SSSR count). The van der Waals surface area contributed by atoms with E-state index in [2.05, 4.69) is 217 Å². The number of rotatable bonds is 5. The Balaban J connectivity index is 1.18. The minimum Gasteiger partial charge on any atom is -0.455 e. The number of fused-ring (bicyclic) bond motifs is 10. The van der Waals surface area contributed by atoms with E-state index in [9.17, 15) is 0 Å². The molecular formula is C55H38N2O. The maximum Gasteiger partial charge on any atom is 0.145 e. The van der Waals surface area contributed by atoms with Gasteiger partial charge in [-0.3, -0.25) is 0 Å². The van der Waals surface area contributed by atoms with Gasteiger partial charge < -0.3 is 13.9 Å². The van der Waals surface area contributed by atoms with Gasteiger partial charge in [0, 0.05) is 44.1 Å². The molecule has 0 saturated heterocycles. The first-order valence-corrected chi connectivity index (χ1v) is 20.1. The zero-order valence-corrected chi connectivity index (χ0v) is 32.3. The topological polar surface area (TPSA) is 21.3 Å². The number of benzene rings is 9. The monoisotopic (exact) mass is 742 g/mol. The molecule has 3 heteroatoms. The number of para-hydroxylation sites is 3. The molecule has 0 saturated carbocycles. The first kappa shape index (κ1) is 32.8. The summed E-state index contributed by atoms with van der Waals surface area (Å²) in [5, 5.41) is 7.08. The predicted octanol–water partition coefficient (Wildman–Crippen LogP) is 15.3. The SMILES string of the molecule is CC1(C)c2ccccc2-c2c(N(c3cccc(-n4c5ccccc5c5ccccc54)c3)c3ccc(-c4cccc5ccccc45)c4oc5ccccc5c34)cccc21. The van der Waals surface area contributed by atoms with E-state index in [0.29, 0.717) is 0 Å². The Kier molecular flexibility index (Phi) is 6.98. The minimum atomic E-state index is -0.158. The first-order valence-electron chi connectivity index (χ1n) is 20.1. The molecule has 0 bridgehead atoms. The van der Waals surface area contributed by atoms with Crippen molar-refractivity contribution in [3.05, 3.63) is 205 Å². The number of furan rings is 1. The van der Waals surface area contributed by atoms with Crippen LogP contribution in [0.4, 0.5) is 17.1 Å². The zero-order chi connectivity index (χ0) is 38.5. The Morgan fingerprint density at radius 2 is 1.09 bits per heavy atom. The summed E-state index contributed by atoms with van der Waals surface area (Å²) in [6.07, 6.45) is 0. The van der Waals surface area contributed by atoms with Crippen LogP contribution in [0.1, 0.15) is 25.0 Å². The Hall–Kier alpha value is -7.36. The lowest BCUT2D eigenvalue weighted by atomic mass is 9.82. The molecule has 0 aliphatic heterocycles. The van der Waals surface area contributed by atoms with Crippen molar-refractivity contribution in [2.24, 2.45) is 0 Å². The van der Waals surface area contributed by atoms with Gasteiger partial charge in [0.05, 0.1) is 27.8 Å². The molecule has 3 nitrogen and oxygen atoms in total. The van der Waals surface area contributed by atoms with Crippen molar-refractivity contribution in [3.63, 3.8) is 0 Å². The van der Waals surface area contributed by atoms with Crippen LogP contribution in [-0.2, 0) is 5.41 Å². The average Bonchev–Trinajstić information content (AvgIpc) is 3.90. The number of hydrogen-bond acceptors (Lipinski definition) is 2. The van der Waals surface area contributed by atoms with E-state index in [1.165, 1.54) is 54.8 Å². The largest absolute Gasteiger partial charge is 0.455 e. The van der Waals surface area contributed by atoms with E-state index in [-0.39, 0.29) is 5.41 Å². The second-order valence-corrected chi connectivity index (χ2v) is 16.1. The van der Waals surface area contributed by atoms with Gasteiger partial charge in [0.15, 0.2) is 0 Å². The lowest BCUT2D eigenvalue weighted by Gasteiger charge is -2.30. The number of aromatic nitrogens is 1. The maximum absolute atomic E-state index is 6.98. The lowest BCUT2D eigenvalue weighted by molar-refractivity contribution is 0.660. The average molecular weight is 743 g/mol. The quantitative estimate of drug-likeness (QED) is 0.175. The molecule has 1 aliphatic rings. The summed E-state index contributed by atoms with van der Waals surface area (Å²) in [5.41, 5.74) is 15.8. The van der Waals surface area contributed by atoms with Crippen LogP contribution < -0.4 is 4.90 Å². The summed E-state index contributed by atoms with van der Waals surface area (Å²) in [4.78, 5) is 2.49. The molecule has 2 aromatic heterocycles. The van der Waals surface area contributed by atoms with Crippen molar-refractivity contribution in [1.82, 2.24) is 4.57 Å². The third-order valence-electron chi connectivity index (χ3n) is 12.6. The summed E-state index contributed by atoms with van der Waals surface area (Å²) >= 11 is 0. The molecule has 0 spiro atoms. The van der Waals surface area contributed by atoms with E-state index >= 15 is 0 Å². The molecule has 274 valence electrons. The minimum absolute atomic E-state index is 0.158. The van der Waals surface area contributed by atoms with E-state index in [4.69, 9.17) is 4.42 Å². The summed E-state index contributed by atoms with van der Waals surface area (Å²) in [6.45, 7) is 4.71. The third-order valence-corrected chi connectivity index (χ3v) is 12.6. The van der Waals surface area contributed by atoms with Crippen LogP contribution in [0.25, 0.3) is 82.5 Å². The Morgan fingerprint density at radius 3 is 1.91 bits per heavy atom. The second-order valence-electron chi connectivity index (χ2n) is 16.1.